The molecule has 11 heteroatoms. The lowest BCUT2D eigenvalue weighted by molar-refractivity contribution is 0.0937. The van der Waals surface area contributed by atoms with Gasteiger partial charge in [0.25, 0.3) is 5.56 Å². The van der Waals surface area contributed by atoms with Gasteiger partial charge in [0, 0.05) is 32.2 Å². The number of halogens is 2. The molecule has 2 aromatic heterocycles. The van der Waals surface area contributed by atoms with Gasteiger partial charge in [-0.25, -0.2) is 4.79 Å². The van der Waals surface area contributed by atoms with Gasteiger partial charge in [0.15, 0.2) is 11.2 Å². The minimum atomic E-state index is -0.957. The number of hydrogen-bond donors (Lipinski definition) is 1. The molecule has 0 radical (unpaired) electrons. The zero-order valence-electron chi connectivity index (χ0n) is 18.6. The highest BCUT2D eigenvalue weighted by Gasteiger charge is 2.25. The third-order valence-electron chi connectivity index (χ3n) is 5.94. The van der Waals surface area contributed by atoms with Crippen molar-refractivity contribution in [3.63, 3.8) is 0 Å². The van der Waals surface area contributed by atoms with E-state index in [9.17, 15) is 14.7 Å². The van der Waals surface area contributed by atoms with Gasteiger partial charge in [-0.3, -0.25) is 13.9 Å². The van der Waals surface area contributed by atoms with Gasteiger partial charge in [-0.15, -0.1) is 0 Å². The van der Waals surface area contributed by atoms with E-state index in [0.29, 0.717) is 27.4 Å². The third-order valence-corrected chi connectivity index (χ3v) is 6.47. The average Bonchev–Trinajstić information content (AvgIpc) is 2.96. The van der Waals surface area contributed by atoms with Crippen molar-refractivity contribution in [2.45, 2.75) is 38.3 Å². The number of aryl methyl sites for hydroxylation is 1. The van der Waals surface area contributed by atoms with E-state index in [2.05, 4.69) is 9.88 Å². The fourth-order valence-electron chi connectivity index (χ4n) is 4.16. The Morgan fingerprint density at radius 3 is 2.45 bits per heavy atom. The van der Waals surface area contributed by atoms with Crippen LogP contribution in [0.25, 0.3) is 11.2 Å². The standard InChI is InChI=1S/C22H27Cl2N5O4/c1-26-19-18(20(31)27(2)22(26)32)29(21(25-19)28-9-5-3-4-6-10-28)12-15(30)13-33-17-8-7-14(23)11-16(17)24/h7-8,11,15,30H,3-6,9-10,12-13H2,1-2H3. The molecular formula is C22H27Cl2N5O4. The lowest BCUT2D eigenvalue weighted by atomic mass is 10.2. The molecule has 0 saturated carbocycles. The molecule has 33 heavy (non-hydrogen) atoms. The molecule has 1 aromatic carbocycles. The summed E-state index contributed by atoms with van der Waals surface area (Å²) in [6, 6.07) is 4.86. The van der Waals surface area contributed by atoms with Crippen LogP contribution in [0.2, 0.25) is 10.0 Å². The van der Waals surface area contributed by atoms with Crippen molar-refractivity contribution >= 4 is 40.3 Å². The number of aromatic nitrogens is 4. The summed E-state index contributed by atoms with van der Waals surface area (Å²) in [4.78, 5) is 32.3. The van der Waals surface area contributed by atoms with Gasteiger partial charge in [-0.1, -0.05) is 36.0 Å². The first-order chi connectivity index (χ1) is 15.8. The van der Waals surface area contributed by atoms with Crippen LogP contribution in [-0.4, -0.2) is 49.6 Å². The zero-order chi connectivity index (χ0) is 23.7. The molecular weight excluding hydrogens is 469 g/mol. The maximum absolute atomic E-state index is 13.1. The number of aliphatic hydroxyl groups is 1. The van der Waals surface area contributed by atoms with E-state index in [1.807, 2.05) is 0 Å². The molecule has 9 nitrogen and oxygen atoms in total. The number of hydrogen-bond acceptors (Lipinski definition) is 6. The van der Waals surface area contributed by atoms with E-state index in [-0.39, 0.29) is 18.7 Å². The van der Waals surface area contributed by atoms with Gasteiger partial charge in [0.2, 0.25) is 5.95 Å². The number of aliphatic hydroxyl groups excluding tert-OH is 1. The van der Waals surface area contributed by atoms with Gasteiger partial charge in [0.05, 0.1) is 11.6 Å². The Balaban J connectivity index is 1.70. The second-order valence-corrected chi connectivity index (χ2v) is 9.18. The summed E-state index contributed by atoms with van der Waals surface area (Å²) in [5.41, 5.74) is -0.310. The van der Waals surface area contributed by atoms with Gasteiger partial charge >= 0.3 is 5.69 Å². The minimum Gasteiger partial charge on any atom is -0.489 e. The highest BCUT2D eigenvalue weighted by atomic mass is 35.5. The number of imidazole rings is 1. The second kappa shape index (κ2) is 9.79. The lowest BCUT2D eigenvalue weighted by Crippen LogP contribution is -2.38. The molecule has 0 amide bonds. The third kappa shape index (κ3) is 4.76. The Hall–Kier alpha value is -2.49. The van der Waals surface area contributed by atoms with E-state index in [1.54, 1.807) is 29.8 Å². The first-order valence-corrected chi connectivity index (χ1v) is 11.7. The first-order valence-electron chi connectivity index (χ1n) is 10.9. The lowest BCUT2D eigenvalue weighted by Gasteiger charge is -2.23. The monoisotopic (exact) mass is 495 g/mol. The quantitative estimate of drug-likeness (QED) is 0.564. The Bertz CT molecular complexity index is 1270. The molecule has 1 fully saturated rings. The predicted octanol–water partition coefficient (Wildman–Crippen LogP) is 2.56. The SMILES string of the molecule is Cn1c(=O)c2c(nc(N3CCCCCC3)n2CC(O)COc2ccc(Cl)cc2Cl)n(C)c1=O. The van der Waals surface area contributed by atoms with Gasteiger partial charge in [-0.2, -0.15) is 4.98 Å². The van der Waals surface area contributed by atoms with Crippen LogP contribution in [0, 0.1) is 0 Å². The van der Waals surface area contributed by atoms with Crippen molar-refractivity contribution in [2.75, 3.05) is 24.6 Å². The smallest absolute Gasteiger partial charge is 0.332 e. The number of benzene rings is 1. The van der Waals surface area contributed by atoms with Crippen LogP contribution >= 0.6 is 23.2 Å². The van der Waals surface area contributed by atoms with Gasteiger partial charge < -0.3 is 19.3 Å². The predicted molar refractivity (Wildman–Crippen MR) is 129 cm³/mol. The van der Waals surface area contributed by atoms with E-state index in [4.69, 9.17) is 27.9 Å². The molecule has 0 aliphatic carbocycles. The average molecular weight is 496 g/mol. The second-order valence-electron chi connectivity index (χ2n) is 8.34. The van der Waals surface area contributed by atoms with E-state index >= 15 is 0 Å². The molecule has 1 atom stereocenters. The van der Waals surface area contributed by atoms with Crippen molar-refractivity contribution in [3.05, 3.63) is 49.1 Å². The van der Waals surface area contributed by atoms with Gasteiger partial charge in [-0.05, 0) is 31.0 Å². The molecule has 0 spiro atoms. The summed E-state index contributed by atoms with van der Waals surface area (Å²) >= 11 is 12.1. The van der Waals surface area contributed by atoms with E-state index < -0.39 is 17.4 Å². The Morgan fingerprint density at radius 1 is 1.09 bits per heavy atom. The minimum absolute atomic E-state index is 0.0491. The van der Waals surface area contributed by atoms with Crippen LogP contribution < -0.4 is 20.9 Å². The van der Waals surface area contributed by atoms with Crippen molar-refractivity contribution in [3.8, 4) is 5.75 Å². The Morgan fingerprint density at radius 2 is 1.79 bits per heavy atom. The molecule has 1 N–H and O–H groups in total. The normalized spacial score (nSPS) is 15.6. The van der Waals surface area contributed by atoms with Crippen molar-refractivity contribution in [1.29, 1.82) is 0 Å². The number of nitrogens with zero attached hydrogens (tertiary/aromatic N) is 5. The highest BCUT2D eigenvalue weighted by Crippen LogP contribution is 2.28. The molecule has 178 valence electrons. The van der Waals surface area contributed by atoms with Crippen molar-refractivity contribution in [1.82, 2.24) is 18.7 Å². The molecule has 1 saturated heterocycles. The van der Waals surface area contributed by atoms with Crippen LogP contribution in [0.4, 0.5) is 5.95 Å². The van der Waals surface area contributed by atoms with E-state index in [1.165, 1.54) is 11.6 Å². The van der Waals surface area contributed by atoms with Gasteiger partial charge in [0.1, 0.15) is 18.5 Å². The van der Waals surface area contributed by atoms with Crippen LogP contribution in [0.5, 0.6) is 5.75 Å². The fourth-order valence-corrected chi connectivity index (χ4v) is 4.62. The summed E-state index contributed by atoms with van der Waals surface area (Å²) in [5, 5.41) is 11.6. The van der Waals surface area contributed by atoms with Crippen LogP contribution in [-0.2, 0) is 20.6 Å². The number of rotatable bonds is 6. The van der Waals surface area contributed by atoms with Crippen LogP contribution in [0.15, 0.2) is 27.8 Å². The van der Waals surface area contributed by atoms with Crippen molar-refractivity contribution < 1.29 is 9.84 Å². The van der Waals surface area contributed by atoms with E-state index in [0.717, 1.165) is 43.3 Å². The number of anilines is 1. The molecule has 1 aliphatic heterocycles. The molecule has 3 aromatic rings. The Labute approximate surface area is 200 Å². The Kier molecular flexibility index (Phi) is 7.02. The first kappa shape index (κ1) is 23.7. The highest BCUT2D eigenvalue weighted by molar-refractivity contribution is 6.35. The summed E-state index contributed by atoms with van der Waals surface area (Å²) in [6.45, 7) is 1.61. The van der Waals surface area contributed by atoms with Crippen molar-refractivity contribution in [2.24, 2.45) is 14.1 Å². The number of ether oxygens (including phenoxy) is 1. The topological polar surface area (TPSA) is 94.5 Å². The summed E-state index contributed by atoms with van der Waals surface area (Å²) < 4.78 is 9.82. The fraction of sp³-hybridized carbons (Fsp3) is 0.500. The summed E-state index contributed by atoms with van der Waals surface area (Å²) in [6.07, 6.45) is 3.34. The number of fused-ring (bicyclic) bond motifs is 1. The van der Waals surface area contributed by atoms with Crippen LogP contribution in [0.1, 0.15) is 25.7 Å². The molecule has 0 bridgehead atoms. The molecule has 3 heterocycles. The van der Waals surface area contributed by atoms with Crippen LogP contribution in [0.3, 0.4) is 0 Å². The maximum atomic E-state index is 13.1. The molecule has 4 rings (SSSR count). The maximum Gasteiger partial charge on any atom is 0.332 e. The molecule has 1 aliphatic rings. The molecule has 1 unspecified atom stereocenters. The summed E-state index contributed by atoms with van der Waals surface area (Å²) in [5.74, 6) is 0.982. The largest absolute Gasteiger partial charge is 0.489 e. The zero-order valence-corrected chi connectivity index (χ0v) is 20.1. The summed E-state index contributed by atoms with van der Waals surface area (Å²) in [7, 11) is 3.03.